The van der Waals surface area contributed by atoms with Crippen molar-refractivity contribution in [3.05, 3.63) is 0 Å². The highest BCUT2D eigenvalue weighted by Crippen LogP contribution is 2.23. The highest BCUT2D eigenvalue weighted by atomic mass is 16.7. The minimum atomic E-state index is -1.07. The van der Waals surface area contributed by atoms with E-state index in [-0.39, 0.29) is 0 Å². The van der Waals surface area contributed by atoms with E-state index in [0.717, 1.165) is 0 Å². The van der Waals surface area contributed by atoms with Gasteiger partial charge in [-0.25, -0.2) is 9.59 Å². The summed E-state index contributed by atoms with van der Waals surface area (Å²) >= 11 is 0. The van der Waals surface area contributed by atoms with Crippen molar-refractivity contribution in [1.82, 2.24) is 0 Å². The summed E-state index contributed by atoms with van der Waals surface area (Å²) in [6, 6.07) is 0. The zero-order valence-corrected chi connectivity index (χ0v) is 7.87. The Labute approximate surface area is 76.2 Å². The van der Waals surface area contributed by atoms with Crippen molar-refractivity contribution in [2.75, 3.05) is 0 Å². The highest BCUT2D eigenvalue weighted by Gasteiger charge is 2.30. The Kier molecular flexibility index (Phi) is 3.53. The lowest BCUT2D eigenvalue weighted by Gasteiger charge is -2.27. The first-order valence-corrected chi connectivity index (χ1v) is 3.65. The van der Waals surface area contributed by atoms with Crippen LogP contribution in [0.25, 0.3) is 0 Å². The lowest BCUT2D eigenvalue weighted by atomic mass is 9.96. The van der Waals surface area contributed by atoms with Crippen molar-refractivity contribution in [2.45, 2.75) is 27.1 Å². The van der Waals surface area contributed by atoms with E-state index in [1.807, 2.05) is 0 Å². The number of hydrogen-bond acceptors (Lipinski definition) is 4. The van der Waals surface area contributed by atoms with Gasteiger partial charge in [-0.05, 0) is 0 Å². The maximum absolute atomic E-state index is 10.4. The molecule has 6 nitrogen and oxygen atoms in total. The first-order valence-electron chi connectivity index (χ1n) is 3.65. The summed E-state index contributed by atoms with van der Waals surface area (Å²) in [5, 5.41) is 0. The van der Waals surface area contributed by atoms with E-state index in [0.29, 0.717) is 0 Å². The van der Waals surface area contributed by atoms with Crippen molar-refractivity contribution in [3.63, 3.8) is 0 Å². The van der Waals surface area contributed by atoms with Crippen LogP contribution in [0.3, 0.4) is 0 Å². The molecule has 4 N–H and O–H groups in total. The van der Waals surface area contributed by atoms with Crippen molar-refractivity contribution in [3.8, 4) is 0 Å². The number of primary amides is 2. The molecular weight excluding hydrogens is 176 g/mol. The van der Waals surface area contributed by atoms with Crippen LogP contribution in [-0.4, -0.2) is 18.5 Å². The lowest BCUT2D eigenvalue weighted by molar-refractivity contribution is -0.117. The monoisotopic (exact) mass is 190 g/mol. The van der Waals surface area contributed by atoms with Crippen molar-refractivity contribution >= 4 is 12.2 Å². The summed E-state index contributed by atoms with van der Waals surface area (Å²) in [6.07, 6.45) is -3.09. The molecule has 0 aliphatic heterocycles. The summed E-state index contributed by atoms with van der Waals surface area (Å²) in [5.74, 6) is 0. The van der Waals surface area contributed by atoms with Crippen LogP contribution in [0.5, 0.6) is 0 Å². The molecule has 0 fully saturated rings. The minimum absolute atomic E-state index is 0.565. The number of nitrogens with two attached hydrogens (primary N) is 2. The summed E-state index contributed by atoms with van der Waals surface area (Å²) in [4.78, 5) is 20.8. The molecule has 0 aromatic rings. The van der Waals surface area contributed by atoms with E-state index in [2.05, 4.69) is 9.47 Å². The molecule has 0 atom stereocenters. The van der Waals surface area contributed by atoms with Crippen LogP contribution in [0.4, 0.5) is 9.59 Å². The maximum Gasteiger partial charge on any atom is 0.407 e. The van der Waals surface area contributed by atoms with Crippen LogP contribution >= 0.6 is 0 Å². The Morgan fingerprint density at radius 3 is 1.54 bits per heavy atom. The van der Waals surface area contributed by atoms with E-state index in [1.165, 1.54) is 0 Å². The second-order valence-corrected chi connectivity index (χ2v) is 3.57. The summed E-state index contributed by atoms with van der Waals surface area (Å²) < 4.78 is 9.08. The molecule has 0 saturated carbocycles. The third kappa shape index (κ3) is 4.89. The smallest absolute Gasteiger partial charge is 0.407 e. The van der Waals surface area contributed by atoms with Gasteiger partial charge in [0.05, 0.1) is 0 Å². The Morgan fingerprint density at radius 2 is 1.38 bits per heavy atom. The van der Waals surface area contributed by atoms with Gasteiger partial charge < -0.3 is 20.9 Å². The van der Waals surface area contributed by atoms with Crippen LogP contribution in [0.15, 0.2) is 0 Å². The van der Waals surface area contributed by atoms with Gasteiger partial charge >= 0.3 is 12.2 Å². The third-order valence-corrected chi connectivity index (χ3v) is 1.15. The van der Waals surface area contributed by atoms with E-state index in [1.54, 1.807) is 20.8 Å². The number of amides is 2. The quantitative estimate of drug-likeness (QED) is 0.620. The van der Waals surface area contributed by atoms with Crippen LogP contribution in [0.2, 0.25) is 0 Å². The highest BCUT2D eigenvalue weighted by molar-refractivity contribution is 5.66. The second-order valence-electron chi connectivity index (χ2n) is 3.57. The van der Waals surface area contributed by atoms with Gasteiger partial charge in [-0.15, -0.1) is 0 Å². The van der Waals surface area contributed by atoms with Gasteiger partial charge in [0.1, 0.15) is 0 Å². The van der Waals surface area contributed by atoms with Crippen LogP contribution in [0.1, 0.15) is 20.8 Å². The maximum atomic E-state index is 10.4. The average Bonchev–Trinajstić information content (AvgIpc) is 1.81. The summed E-state index contributed by atoms with van der Waals surface area (Å²) in [6.45, 7) is 5.14. The van der Waals surface area contributed by atoms with Gasteiger partial charge in [0.25, 0.3) is 6.29 Å². The molecule has 6 heteroatoms. The lowest BCUT2D eigenvalue weighted by Crippen LogP contribution is -2.38. The molecular formula is C7H14N2O4. The Morgan fingerprint density at radius 1 is 1.08 bits per heavy atom. The molecule has 13 heavy (non-hydrogen) atoms. The Hall–Kier alpha value is -1.46. The van der Waals surface area contributed by atoms with Gasteiger partial charge in [0.2, 0.25) is 0 Å². The topological polar surface area (TPSA) is 105 Å². The third-order valence-electron chi connectivity index (χ3n) is 1.15. The largest absolute Gasteiger partial charge is 0.409 e. The molecule has 2 amide bonds. The van der Waals surface area contributed by atoms with Gasteiger partial charge in [0.15, 0.2) is 0 Å². The zero-order chi connectivity index (χ0) is 10.6. The molecule has 0 aromatic carbocycles. The molecule has 0 saturated heterocycles. The Balaban J connectivity index is 4.37. The number of ether oxygens (including phenoxy) is 2. The first-order chi connectivity index (χ1) is 5.73. The SMILES string of the molecule is CC(C)(C)C(OC(N)=O)OC(N)=O. The van der Waals surface area contributed by atoms with E-state index >= 15 is 0 Å². The molecule has 0 aromatic heterocycles. The van der Waals surface area contributed by atoms with E-state index in [9.17, 15) is 9.59 Å². The van der Waals surface area contributed by atoms with Crippen molar-refractivity contribution < 1.29 is 19.1 Å². The molecule has 0 radical (unpaired) electrons. The van der Waals surface area contributed by atoms with E-state index < -0.39 is 23.9 Å². The van der Waals surface area contributed by atoms with Gasteiger partial charge in [-0.1, -0.05) is 20.8 Å². The van der Waals surface area contributed by atoms with Crippen LogP contribution < -0.4 is 11.5 Å². The fraction of sp³-hybridized carbons (Fsp3) is 0.714. The number of carbonyl (C=O) groups is 2. The molecule has 0 spiro atoms. The molecule has 0 heterocycles. The first kappa shape index (κ1) is 11.5. The fourth-order valence-electron chi connectivity index (χ4n) is 0.589. The van der Waals surface area contributed by atoms with E-state index in [4.69, 9.17) is 11.5 Å². The molecule has 0 aliphatic rings. The standard InChI is InChI=1S/C7H14N2O4/c1-7(2,3)4(12-5(8)10)13-6(9)11/h4H,1-3H3,(H2,8,10)(H2,9,11). The number of carbonyl (C=O) groups excluding carboxylic acids is 2. The predicted octanol–water partition coefficient (Wildman–Crippen LogP) is 0.549. The Bertz CT molecular complexity index is 193. The van der Waals surface area contributed by atoms with Crippen LogP contribution in [-0.2, 0) is 9.47 Å². The summed E-state index contributed by atoms with van der Waals surface area (Å²) in [7, 11) is 0. The summed E-state index contributed by atoms with van der Waals surface area (Å²) in [5.41, 5.74) is 8.98. The molecule has 0 rings (SSSR count). The molecule has 0 unspecified atom stereocenters. The van der Waals surface area contributed by atoms with Gasteiger partial charge in [-0.3, -0.25) is 0 Å². The molecule has 76 valence electrons. The van der Waals surface area contributed by atoms with Gasteiger partial charge in [-0.2, -0.15) is 0 Å². The number of rotatable bonds is 2. The zero-order valence-electron chi connectivity index (χ0n) is 7.87. The molecule has 0 aliphatic carbocycles. The van der Waals surface area contributed by atoms with Crippen molar-refractivity contribution in [2.24, 2.45) is 16.9 Å². The number of hydrogen-bond donors (Lipinski definition) is 2. The predicted molar refractivity (Wildman–Crippen MR) is 44.6 cm³/mol. The average molecular weight is 190 g/mol. The normalized spacial score (nSPS) is 11.1. The minimum Gasteiger partial charge on any atom is -0.409 e. The second kappa shape index (κ2) is 3.97. The van der Waals surface area contributed by atoms with Gasteiger partial charge in [0, 0.05) is 5.41 Å². The molecule has 0 bridgehead atoms. The fourth-order valence-corrected chi connectivity index (χ4v) is 0.589. The van der Waals surface area contributed by atoms with Crippen LogP contribution in [0, 0.1) is 5.41 Å². The van der Waals surface area contributed by atoms with Crippen molar-refractivity contribution in [1.29, 1.82) is 0 Å².